The molecule has 1 aromatic rings. The average Bonchev–Trinajstić information content (AvgIpc) is 3.01. The molecule has 0 atom stereocenters. The molecular formula is C11H12N2O2S. The molecule has 4 nitrogen and oxygen atoms in total. The highest BCUT2D eigenvalue weighted by atomic mass is 32.2. The summed E-state index contributed by atoms with van der Waals surface area (Å²) in [7, 11) is -3.31. The fourth-order valence-corrected chi connectivity index (χ4v) is 2.94. The van der Waals surface area contributed by atoms with Crippen LogP contribution in [0.1, 0.15) is 24.0 Å². The van der Waals surface area contributed by atoms with Crippen molar-refractivity contribution in [2.24, 2.45) is 0 Å². The highest BCUT2D eigenvalue weighted by Gasteiger charge is 2.27. The van der Waals surface area contributed by atoms with Crippen LogP contribution in [0.4, 0.5) is 0 Å². The molecule has 0 amide bonds. The van der Waals surface area contributed by atoms with Crippen molar-refractivity contribution in [3.8, 4) is 6.07 Å². The number of sulfonamides is 1. The van der Waals surface area contributed by atoms with E-state index in [-0.39, 0.29) is 11.8 Å². The van der Waals surface area contributed by atoms with Gasteiger partial charge in [-0.2, -0.15) is 5.26 Å². The number of hydrogen-bond donors (Lipinski definition) is 1. The van der Waals surface area contributed by atoms with Crippen LogP contribution in [0.25, 0.3) is 0 Å². The smallest absolute Gasteiger partial charge is 0.212 e. The summed E-state index contributed by atoms with van der Waals surface area (Å²) in [5.41, 5.74) is 0.974. The lowest BCUT2D eigenvalue weighted by Gasteiger charge is -2.06. The Hall–Kier alpha value is -1.38. The largest absolute Gasteiger partial charge is 0.216 e. The number of nitrogens with one attached hydrogen (secondary N) is 1. The molecule has 1 fully saturated rings. The van der Waals surface area contributed by atoms with E-state index < -0.39 is 10.0 Å². The zero-order valence-electron chi connectivity index (χ0n) is 8.68. The molecule has 1 aliphatic carbocycles. The Balaban J connectivity index is 2.16. The number of hydrogen-bond acceptors (Lipinski definition) is 3. The topological polar surface area (TPSA) is 70.0 Å². The summed E-state index contributed by atoms with van der Waals surface area (Å²) in [5.74, 6) is -0.118. The van der Waals surface area contributed by atoms with Gasteiger partial charge in [0.2, 0.25) is 10.0 Å². The molecule has 1 saturated carbocycles. The van der Waals surface area contributed by atoms with Crippen LogP contribution in [-0.4, -0.2) is 14.5 Å². The number of rotatable bonds is 4. The maximum Gasteiger partial charge on any atom is 0.216 e. The van der Waals surface area contributed by atoms with Gasteiger partial charge in [-0.3, -0.25) is 0 Å². The van der Waals surface area contributed by atoms with Crippen molar-refractivity contribution in [1.82, 2.24) is 4.72 Å². The molecule has 0 aliphatic heterocycles. The molecule has 2 rings (SSSR count). The summed E-state index contributed by atoms with van der Waals surface area (Å²) in [5, 5.41) is 8.84. The van der Waals surface area contributed by atoms with Gasteiger partial charge in [0, 0.05) is 6.04 Å². The minimum atomic E-state index is -3.31. The standard InChI is InChI=1S/C11H12N2O2S/c12-7-9-3-1-2-4-10(9)8-16(14,15)13-11-5-6-11/h1-4,11,13H,5-6,8H2. The van der Waals surface area contributed by atoms with Gasteiger partial charge in [-0.1, -0.05) is 18.2 Å². The van der Waals surface area contributed by atoms with E-state index in [1.54, 1.807) is 24.3 Å². The monoisotopic (exact) mass is 236 g/mol. The van der Waals surface area contributed by atoms with Crippen LogP contribution in [0.15, 0.2) is 24.3 Å². The molecule has 1 aromatic carbocycles. The quantitative estimate of drug-likeness (QED) is 0.852. The van der Waals surface area contributed by atoms with E-state index in [0.717, 1.165) is 12.8 Å². The van der Waals surface area contributed by atoms with E-state index in [1.165, 1.54) is 0 Å². The lowest BCUT2D eigenvalue weighted by Crippen LogP contribution is -2.27. The summed E-state index contributed by atoms with van der Waals surface area (Å²) < 4.78 is 26.0. The first-order valence-electron chi connectivity index (χ1n) is 5.09. The van der Waals surface area contributed by atoms with Crippen LogP contribution in [0.2, 0.25) is 0 Å². The van der Waals surface area contributed by atoms with E-state index in [2.05, 4.69) is 4.72 Å². The third kappa shape index (κ3) is 2.81. The van der Waals surface area contributed by atoms with Gasteiger partial charge in [0.25, 0.3) is 0 Å². The normalized spacial score (nSPS) is 15.7. The second kappa shape index (κ2) is 4.24. The van der Waals surface area contributed by atoms with Crippen LogP contribution in [0, 0.1) is 11.3 Å². The van der Waals surface area contributed by atoms with Gasteiger partial charge in [-0.25, -0.2) is 13.1 Å². The van der Waals surface area contributed by atoms with Gasteiger partial charge in [-0.15, -0.1) is 0 Å². The first-order chi connectivity index (χ1) is 7.61. The minimum absolute atomic E-state index is 0.110. The van der Waals surface area contributed by atoms with Crippen molar-refractivity contribution in [2.45, 2.75) is 24.6 Å². The third-order valence-electron chi connectivity index (χ3n) is 2.41. The summed E-state index contributed by atoms with van der Waals surface area (Å²) in [6.07, 6.45) is 1.83. The molecule has 0 spiro atoms. The van der Waals surface area contributed by atoms with Gasteiger partial charge in [0.15, 0.2) is 0 Å². The minimum Gasteiger partial charge on any atom is -0.212 e. The fraction of sp³-hybridized carbons (Fsp3) is 0.364. The SMILES string of the molecule is N#Cc1ccccc1CS(=O)(=O)NC1CC1. The number of benzene rings is 1. The maximum absolute atomic E-state index is 11.7. The van der Waals surface area contributed by atoms with E-state index in [4.69, 9.17) is 5.26 Å². The van der Waals surface area contributed by atoms with Crippen molar-refractivity contribution in [2.75, 3.05) is 0 Å². The van der Waals surface area contributed by atoms with Crippen LogP contribution < -0.4 is 4.72 Å². The van der Waals surface area contributed by atoms with E-state index >= 15 is 0 Å². The molecule has 0 heterocycles. The Kier molecular flexibility index (Phi) is 2.95. The van der Waals surface area contributed by atoms with Gasteiger partial charge in [0.1, 0.15) is 0 Å². The zero-order valence-corrected chi connectivity index (χ0v) is 9.50. The van der Waals surface area contributed by atoms with Crippen molar-refractivity contribution in [1.29, 1.82) is 5.26 Å². The van der Waals surface area contributed by atoms with Crippen LogP contribution in [0.5, 0.6) is 0 Å². The second-order valence-electron chi connectivity index (χ2n) is 3.92. The van der Waals surface area contributed by atoms with Gasteiger partial charge < -0.3 is 0 Å². The Morgan fingerprint density at radius 3 is 2.69 bits per heavy atom. The van der Waals surface area contributed by atoms with Crippen LogP contribution in [-0.2, 0) is 15.8 Å². The molecule has 0 bridgehead atoms. The Morgan fingerprint density at radius 1 is 1.38 bits per heavy atom. The molecule has 16 heavy (non-hydrogen) atoms. The summed E-state index contributed by atoms with van der Waals surface area (Å²) in [6.45, 7) is 0. The fourth-order valence-electron chi connectivity index (χ4n) is 1.46. The Morgan fingerprint density at radius 2 is 2.06 bits per heavy atom. The van der Waals surface area contributed by atoms with Gasteiger partial charge in [0.05, 0.1) is 17.4 Å². The third-order valence-corrected chi connectivity index (χ3v) is 3.79. The summed E-state index contributed by atoms with van der Waals surface area (Å²) in [4.78, 5) is 0. The molecule has 84 valence electrons. The molecule has 0 unspecified atom stereocenters. The summed E-state index contributed by atoms with van der Waals surface area (Å²) >= 11 is 0. The Bertz CT molecular complexity index is 527. The first kappa shape index (κ1) is 11.1. The average molecular weight is 236 g/mol. The highest BCUT2D eigenvalue weighted by Crippen LogP contribution is 2.21. The van der Waals surface area contributed by atoms with Gasteiger partial charge in [-0.05, 0) is 24.5 Å². The van der Waals surface area contributed by atoms with Gasteiger partial charge >= 0.3 is 0 Å². The van der Waals surface area contributed by atoms with Crippen LogP contribution >= 0.6 is 0 Å². The lowest BCUT2D eigenvalue weighted by atomic mass is 10.1. The molecule has 1 N–H and O–H groups in total. The molecule has 0 saturated heterocycles. The number of nitrogens with zero attached hydrogens (tertiary/aromatic N) is 1. The van der Waals surface area contributed by atoms with Crippen molar-refractivity contribution >= 4 is 10.0 Å². The van der Waals surface area contributed by atoms with E-state index in [0.29, 0.717) is 11.1 Å². The van der Waals surface area contributed by atoms with E-state index in [1.807, 2.05) is 6.07 Å². The van der Waals surface area contributed by atoms with Crippen molar-refractivity contribution in [3.05, 3.63) is 35.4 Å². The van der Waals surface area contributed by atoms with Crippen molar-refractivity contribution in [3.63, 3.8) is 0 Å². The van der Waals surface area contributed by atoms with Crippen molar-refractivity contribution < 1.29 is 8.42 Å². The second-order valence-corrected chi connectivity index (χ2v) is 5.67. The highest BCUT2D eigenvalue weighted by molar-refractivity contribution is 7.88. The zero-order chi connectivity index (χ0) is 11.6. The molecule has 5 heteroatoms. The van der Waals surface area contributed by atoms with E-state index in [9.17, 15) is 8.42 Å². The first-order valence-corrected chi connectivity index (χ1v) is 6.74. The van der Waals surface area contributed by atoms with Crippen LogP contribution in [0.3, 0.4) is 0 Å². The Labute approximate surface area is 95.0 Å². The predicted molar refractivity (Wildman–Crippen MR) is 59.9 cm³/mol. The number of nitriles is 1. The predicted octanol–water partition coefficient (Wildman–Crippen LogP) is 1.14. The molecular weight excluding hydrogens is 224 g/mol. The molecule has 0 radical (unpaired) electrons. The summed E-state index contributed by atoms with van der Waals surface area (Å²) in [6, 6.07) is 8.87. The molecule has 1 aliphatic rings. The molecule has 0 aromatic heterocycles. The lowest BCUT2D eigenvalue weighted by molar-refractivity contribution is 0.580. The maximum atomic E-state index is 11.7.